The van der Waals surface area contributed by atoms with Crippen LogP contribution in [-0.4, -0.2) is 55.1 Å². The van der Waals surface area contributed by atoms with Gasteiger partial charge < -0.3 is 14.6 Å². The van der Waals surface area contributed by atoms with Gasteiger partial charge >= 0.3 is 0 Å². The summed E-state index contributed by atoms with van der Waals surface area (Å²) in [5.41, 5.74) is 0.381. The topological polar surface area (TPSA) is 93.5 Å². The molecule has 0 unspecified atom stereocenters. The Morgan fingerprint density at radius 2 is 2.12 bits per heavy atom. The third-order valence-corrected chi connectivity index (χ3v) is 6.21. The molecule has 0 bridgehead atoms. The van der Waals surface area contributed by atoms with E-state index in [1.54, 1.807) is 18.5 Å². The SMILES string of the molecule is COc1ccc(NC(=O)CSc2nccn2C)cc1S(=O)(=O)N(C)C. The van der Waals surface area contributed by atoms with Gasteiger partial charge in [0.05, 0.1) is 12.9 Å². The number of hydrogen-bond acceptors (Lipinski definition) is 6. The monoisotopic (exact) mass is 384 g/mol. The number of carbonyl (C=O) groups excluding carboxylic acids is 1. The lowest BCUT2D eigenvalue weighted by atomic mass is 10.3. The number of rotatable bonds is 7. The molecular formula is C15H20N4O4S2. The predicted octanol–water partition coefficient (Wildman–Crippen LogP) is 1.41. The maximum atomic E-state index is 12.4. The Kier molecular flexibility index (Phi) is 6.09. The number of amides is 1. The fraction of sp³-hybridized carbons (Fsp3) is 0.333. The molecule has 0 aliphatic heterocycles. The zero-order valence-corrected chi connectivity index (χ0v) is 16.0. The third kappa shape index (κ3) is 4.53. The number of thioether (sulfide) groups is 1. The fourth-order valence-corrected chi connectivity index (χ4v) is 3.78. The number of ether oxygens (including phenoxy) is 1. The van der Waals surface area contributed by atoms with Crippen molar-refractivity contribution in [2.75, 3.05) is 32.3 Å². The van der Waals surface area contributed by atoms with Gasteiger partial charge in [0.25, 0.3) is 0 Å². The van der Waals surface area contributed by atoms with Gasteiger partial charge in [-0.2, -0.15) is 0 Å². The van der Waals surface area contributed by atoms with Gasteiger partial charge in [0, 0.05) is 39.2 Å². The largest absolute Gasteiger partial charge is 0.495 e. The molecule has 8 nitrogen and oxygen atoms in total. The Bertz CT molecular complexity index is 862. The number of aromatic nitrogens is 2. The molecule has 1 aromatic carbocycles. The normalized spacial score (nSPS) is 11.6. The zero-order chi connectivity index (χ0) is 18.6. The summed E-state index contributed by atoms with van der Waals surface area (Å²) in [4.78, 5) is 16.2. The van der Waals surface area contributed by atoms with E-state index in [9.17, 15) is 13.2 Å². The number of anilines is 1. The summed E-state index contributed by atoms with van der Waals surface area (Å²) >= 11 is 1.29. The van der Waals surface area contributed by atoms with Crippen LogP contribution in [0.1, 0.15) is 0 Å². The highest BCUT2D eigenvalue weighted by atomic mass is 32.2. The molecule has 0 saturated heterocycles. The van der Waals surface area contributed by atoms with Crippen molar-refractivity contribution in [1.29, 1.82) is 0 Å². The van der Waals surface area contributed by atoms with Crippen molar-refractivity contribution in [1.82, 2.24) is 13.9 Å². The van der Waals surface area contributed by atoms with Crippen molar-refractivity contribution in [3.05, 3.63) is 30.6 Å². The number of methoxy groups -OCH3 is 1. The van der Waals surface area contributed by atoms with E-state index < -0.39 is 10.0 Å². The van der Waals surface area contributed by atoms with E-state index in [1.165, 1.54) is 45.1 Å². The lowest BCUT2D eigenvalue weighted by Gasteiger charge is -2.16. The molecule has 0 spiro atoms. The minimum Gasteiger partial charge on any atom is -0.495 e. The second-order valence-electron chi connectivity index (χ2n) is 5.31. The van der Waals surface area contributed by atoms with Crippen molar-refractivity contribution in [3.8, 4) is 5.75 Å². The number of benzene rings is 1. The molecule has 0 aliphatic rings. The minimum atomic E-state index is -3.69. The maximum absolute atomic E-state index is 12.4. The van der Waals surface area contributed by atoms with E-state index in [0.29, 0.717) is 5.69 Å². The first-order valence-electron chi connectivity index (χ1n) is 7.26. The van der Waals surface area contributed by atoms with Crippen LogP contribution in [0.15, 0.2) is 40.6 Å². The Morgan fingerprint density at radius 1 is 1.40 bits per heavy atom. The van der Waals surface area contributed by atoms with Crippen molar-refractivity contribution in [3.63, 3.8) is 0 Å². The van der Waals surface area contributed by atoms with Crippen LogP contribution in [0.2, 0.25) is 0 Å². The number of nitrogens with zero attached hydrogens (tertiary/aromatic N) is 3. The van der Waals surface area contributed by atoms with E-state index in [0.717, 1.165) is 9.46 Å². The molecule has 1 heterocycles. The number of imidazole rings is 1. The third-order valence-electron chi connectivity index (χ3n) is 3.32. The number of sulfonamides is 1. The Morgan fingerprint density at radius 3 is 2.68 bits per heavy atom. The molecule has 1 aromatic heterocycles. The van der Waals surface area contributed by atoms with Crippen molar-refractivity contribution < 1.29 is 17.9 Å². The van der Waals surface area contributed by atoms with Gasteiger partial charge in [-0.25, -0.2) is 17.7 Å². The van der Waals surface area contributed by atoms with Crippen LogP contribution >= 0.6 is 11.8 Å². The summed E-state index contributed by atoms with van der Waals surface area (Å²) in [6.07, 6.45) is 3.45. The van der Waals surface area contributed by atoms with Crippen LogP contribution in [0.4, 0.5) is 5.69 Å². The van der Waals surface area contributed by atoms with E-state index in [4.69, 9.17) is 4.74 Å². The summed E-state index contributed by atoms with van der Waals surface area (Å²) in [5, 5.41) is 3.41. The van der Waals surface area contributed by atoms with Crippen LogP contribution in [0.25, 0.3) is 0 Å². The summed E-state index contributed by atoms with van der Waals surface area (Å²) in [7, 11) is 2.41. The number of hydrogen-bond donors (Lipinski definition) is 1. The molecule has 0 atom stereocenters. The van der Waals surface area contributed by atoms with E-state index in [1.807, 2.05) is 11.6 Å². The molecule has 0 fully saturated rings. The van der Waals surface area contributed by atoms with E-state index in [2.05, 4.69) is 10.3 Å². The van der Waals surface area contributed by atoms with Gasteiger partial charge in [0.1, 0.15) is 10.6 Å². The lowest BCUT2D eigenvalue weighted by Crippen LogP contribution is -2.23. The van der Waals surface area contributed by atoms with Crippen molar-refractivity contribution in [2.24, 2.45) is 7.05 Å². The summed E-state index contributed by atoms with van der Waals surface area (Å²) in [6.45, 7) is 0. The highest BCUT2D eigenvalue weighted by molar-refractivity contribution is 7.99. The summed E-state index contributed by atoms with van der Waals surface area (Å²) < 4.78 is 32.8. The predicted molar refractivity (Wildman–Crippen MR) is 96.4 cm³/mol. The van der Waals surface area contributed by atoms with Crippen LogP contribution in [0, 0.1) is 0 Å². The van der Waals surface area contributed by atoms with Gasteiger partial charge in [-0.15, -0.1) is 0 Å². The first-order valence-corrected chi connectivity index (χ1v) is 9.69. The van der Waals surface area contributed by atoms with Gasteiger partial charge in [0.2, 0.25) is 15.9 Å². The Balaban J connectivity index is 2.14. The second kappa shape index (κ2) is 7.89. The molecule has 136 valence electrons. The highest BCUT2D eigenvalue weighted by Crippen LogP contribution is 2.29. The zero-order valence-electron chi connectivity index (χ0n) is 14.4. The molecule has 0 radical (unpaired) electrons. The van der Waals surface area contributed by atoms with Gasteiger partial charge in [-0.3, -0.25) is 4.79 Å². The van der Waals surface area contributed by atoms with Crippen molar-refractivity contribution >= 4 is 33.4 Å². The number of carbonyl (C=O) groups is 1. The molecule has 25 heavy (non-hydrogen) atoms. The average molecular weight is 384 g/mol. The maximum Gasteiger partial charge on any atom is 0.246 e. The first kappa shape index (κ1) is 19.3. The summed E-state index contributed by atoms with van der Waals surface area (Å²) in [5.74, 6) is 0.118. The van der Waals surface area contributed by atoms with Crippen LogP contribution < -0.4 is 10.1 Å². The quantitative estimate of drug-likeness (QED) is 0.726. The van der Waals surface area contributed by atoms with Crippen molar-refractivity contribution in [2.45, 2.75) is 10.1 Å². The Labute approximate surface area is 151 Å². The lowest BCUT2D eigenvalue weighted by molar-refractivity contribution is -0.113. The molecule has 0 saturated carbocycles. The Hall–Kier alpha value is -2.04. The average Bonchev–Trinajstić information content (AvgIpc) is 2.97. The molecule has 1 N–H and O–H groups in total. The molecule has 0 aliphatic carbocycles. The number of nitrogens with one attached hydrogen (secondary N) is 1. The molecule has 2 rings (SSSR count). The fourth-order valence-electron chi connectivity index (χ4n) is 1.97. The molecule has 2 aromatic rings. The van der Waals surface area contributed by atoms with E-state index in [-0.39, 0.29) is 22.3 Å². The minimum absolute atomic E-state index is 0.00504. The molecule has 1 amide bonds. The summed E-state index contributed by atoms with van der Waals surface area (Å²) in [6, 6.07) is 4.49. The van der Waals surface area contributed by atoms with Crippen LogP contribution in [0.3, 0.4) is 0 Å². The van der Waals surface area contributed by atoms with Crippen LogP contribution in [-0.2, 0) is 21.9 Å². The second-order valence-corrected chi connectivity index (χ2v) is 8.37. The van der Waals surface area contributed by atoms with Gasteiger partial charge in [-0.05, 0) is 18.2 Å². The number of aryl methyl sites for hydroxylation is 1. The first-order chi connectivity index (χ1) is 11.8. The van der Waals surface area contributed by atoms with Gasteiger partial charge in [0.15, 0.2) is 5.16 Å². The van der Waals surface area contributed by atoms with Gasteiger partial charge in [-0.1, -0.05) is 11.8 Å². The van der Waals surface area contributed by atoms with E-state index >= 15 is 0 Å². The van der Waals surface area contributed by atoms with Crippen LogP contribution in [0.5, 0.6) is 5.75 Å². The molecule has 10 heteroatoms. The smallest absolute Gasteiger partial charge is 0.246 e. The molecular weight excluding hydrogens is 364 g/mol. The standard InChI is InChI=1S/C15H20N4O4S2/c1-18(2)25(21,22)13-9-11(5-6-12(13)23-4)17-14(20)10-24-15-16-7-8-19(15)3/h5-9H,10H2,1-4H3,(H,17,20). The highest BCUT2D eigenvalue weighted by Gasteiger charge is 2.23.